The van der Waals surface area contributed by atoms with Crippen molar-refractivity contribution in [2.45, 2.75) is 6.18 Å². The van der Waals surface area contributed by atoms with Crippen molar-refractivity contribution in [2.24, 2.45) is 0 Å². The van der Waals surface area contributed by atoms with E-state index in [0.29, 0.717) is 10.5 Å². The van der Waals surface area contributed by atoms with Crippen LogP contribution < -0.4 is 0 Å². The third kappa shape index (κ3) is 4.05. The largest absolute Gasteiger partial charge is 0.406 e. The number of nitrogens with zero attached hydrogens (tertiary/aromatic N) is 1. The quantitative estimate of drug-likeness (QED) is 0.836. The van der Waals surface area contributed by atoms with E-state index in [1.54, 1.807) is 5.38 Å². The topological polar surface area (TPSA) is 40.5 Å². The maximum absolute atomic E-state index is 12.2. The van der Waals surface area contributed by atoms with E-state index < -0.39 is 18.6 Å². The molecule has 1 amide bonds. The summed E-state index contributed by atoms with van der Waals surface area (Å²) in [5.41, 5.74) is 0.327. The Labute approximate surface area is 106 Å². The van der Waals surface area contributed by atoms with Gasteiger partial charge in [-0.15, -0.1) is 11.3 Å². The number of thiophene rings is 1. The molecule has 1 rings (SSSR count). The molecule has 1 N–H and O–H groups in total. The number of rotatable bonds is 2. The van der Waals surface area contributed by atoms with Gasteiger partial charge in [0.25, 0.3) is 5.91 Å². The number of amides is 1. The van der Waals surface area contributed by atoms with Crippen molar-refractivity contribution in [3.8, 4) is 11.8 Å². The molecule has 0 bridgehead atoms. The van der Waals surface area contributed by atoms with Crippen molar-refractivity contribution in [1.82, 2.24) is 4.90 Å². The number of hydrogen-bond acceptors (Lipinski definition) is 3. The molecule has 0 saturated heterocycles. The fourth-order valence-electron chi connectivity index (χ4n) is 1.22. The van der Waals surface area contributed by atoms with Crippen molar-refractivity contribution in [2.75, 3.05) is 20.2 Å². The summed E-state index contributed by atoms with van der Waals surface area (Å²) < 4.78 is 36.5. The maximum atomic E-state index is 12.2. The zero-order chi connectivity index (χ0) is 13.8. The summed E-state index contributed by atoms with van der Waals surface area (Å²) >= 11 is 1.02. The molecule has 1 aromatic heterocycles. The van der Waals surface area contributed by atoms with Gasteiger partial charge in [-0.05, 0) is 11.4 Å². The Morgan fingerprint density at radius 3 is 2.78 bits per heavy atom. The fourth-order valence-corrected chi connectivity index (χ4v) is 2.07. The molecule has 0 aliphatic carbocycles. The minimum Gasteiger partial charge on any atom is -0.384 e. The molecule has 7 heteroatoms. The van der Waals surface area contributed by atoms with Gasteiger partial charge in [0.2, 0.25) is 0 Å². The van der Waals surface area contributed by atoms with E-state index in [4.69, 9.17) is 5.11 Å². The number of halogens is 3. The highest BCUT2D eigenvalue weighted by molar-refractivity contribution is 7.12. The first kappa shape index (κ1) is 14.5. The number of hydrogen-bond donors (Lipinski definition) is 1. The first-order valence-electron chi connectivity index (χ1n) is 4.84. The highest BCUT2D eigenvalue weighted by atomic mass is 32.1. The van der Waals surface area contributed by atoms with Crippen molar-refractivity contribution < 1.29 is 23.1 Å². The van der Waals surface area contributed by atoms with Gasteiger partial charge in [-0.25, -0.2) is 0 Å². The van der Waals surface area contributed by atoms with Gasteiger partial charge in [-0.2, -0.15) is 13.2 Å². The van der Waals surface area contributed by atoms with E-state index in [9.17, 15) is 18.0 Å². The lowest BCUT2D eigenvalue weighted by Gasteiger charge is -2.18. The van der Waals surface area contributed by atoms with E-state index >= 15 is 0 Å². The number of carbonyl (C=O) groups excluding carboxylic acids is 1. The summed E-state index contributed by atoms with van der Waals surface area (Å²) in [6.45, 7) is -1.68. The average molecular weight is 277 g/mol. The molecule has 3 nitrogen and oxygen atoms in total. The lowest BCUT2D eigenvalue weighted by Crippen LogP contribution is -2.35. The highest BCUT2D eigenvalue weighted by Crippen LogP contribution is 2.21. The first-order valence-corrected chi connectivity index (χ1v) is 5.72. The van der Waals surface area contributed by atoms with Gasteiger partial charge in [0.1, 0.15) is 18.0 Å². The molecule has 18 heavy (non-hydrogen) atoms. The van der Waals surface area contributed by atoms with Gasteiger partial charge in [0.15, 0.2) is 0 Å². The number of aliphatic hydroxyl groups is 1. The predicted octanol–water partition coefficient (Wildman–Crippen LogP) is 1.73. The Morgan fingerprint density at radius 2 is 2.22 bits per heavy atom. The van der Waals surface area contributed by atoms with Crippen molar-refractivity contribution in [3.05, 3.63) is 21.9 Å². The standard InChI is InChI=1S/C11H10F3NO2S/c1-15(7-11(12,13)14)10(17)9-8(3-2-5-16)4-6-18-9/h4,6,16H,5,7H2,1H3. The highest BCUT2D eigenvalue weighted by Gasteiger charge is 2.32. The maximum Gasteiger partial charge on any atom is 0.406 e. The van der Waals surface area contributed by atoms with Crippen LogP contribution in [0.4, 0.5) is 13.2 Å². The molecule has 98 valence electrons. The molecule has 0 saturated carbocycles. The lowest BCUT2D eigenvalue weighted by atomic mass is 10.2. The summed E-state index contributed by atoms with van der Waals surface area (Å²) in [7, 11) is 1.08. The number of aliphatic hydroxyl groups excluding tert-OH is 1. The Bertz CT molecular complexity index is 484. The van der Waals surface area contributed by atoms with Crippen LogP contribution in [0.3, 0.4) is 0 Å². The molecule has 0 aromatic carbocycles. The Kier molecular flexibility index (Phi) is 4.76. The van der Waals surface area contributed by atoms with Crippen LogP contribution in [0, 0.1) is 11.8 Å². The van der Waals surface area contributed by atoms with Crippen LogP contribution in [0.5, 0.6) is 0 Å². The predicted molar refractivity (Wildman–Crippen MR) is 61.3 cm³/mol. The molecule has 0 fully saturated rings. The molecule has 0 aliphatic rings. The van der Waals surface area contributed by atoms with E-state index in [0.717, 1.165) is 18.4 Å². The van der Waals surface area contributed by atoms with Crippen LogP contribution in [0.2, 0.25) is 0 Å². The second-order valence-corrected chi connectivity index (χ2v) is 4.32. The normalized spacial score (nSPS) is 10.7. The van der Waals surface area contributed by atoms with Gasteiger partial charge in [0.05, 0.1) is 0 Å². The first-order chi connectivity index (χ1) is 8.35. The fraction of sp³-hybridized carbons (Fsp3) is 0.364. The summed E-state index contributed by atoms with van der Waals surface area (Å²) in [4.78, 5) is 12.5. The van der Waals surface area contributed by atoms with Crippen molar-refractivity contribution in [1.29, 1.82) is 0 Å². The molecule has 1 aromatic rings. The van der Waals surface area contributed by atoms with Crippen LogP contribution in [0.15, 0.2) is 11.4 Å². The van der Waals surface area contributed by atoms with Crippen LogP contribution in [-0.4, -0.2) is 42.3 Å². The Balaban J connectivity index is 2.87. The van der Waals surface area contributed by atoms with Crippen LogP contribution >= 0.6 is 11.3 Å². The van der Waals surface area contributed by atoms with E-state index in [1.165, 1.54) is 6.07 Å². The number of carbonyl (C=O) groups is 1. The zero-order valence-corrected chi connectivity index (χ0v) is 10.2. The SMILES string of the molecule is CN(CC(F)(F)F)C(=O)c1sccc1C#CCO. The van der Waals surface area contributed by atoms with Gasteiger partial charge < -0.3 is 10.0 Å². The van der Waals surface area contributed by atoms with Crippen molar-refractivity contribution >= 4 is 17.2 Å². The third-order valence-electron chi connectivity index (χ3n) is 1.92. The van der Waals surface area contributed by atoms with Crippen LogP contribution in [0.25, 0.3) is 0 Å². The van der Waals surface area contributed by atoms with Gasteiger partial charge in [-0.1, -0.05) is 11.8 Å². The molecule has 0 spiro atoms. The zero-order valence-electron chi connectivity index (χ0n) is 9.41. The van der Waals surface area contributed by atoms with E-state index in [-0.39, 0.29) is 11.5 Å². The molecule has 0 radical (unpaired) electrons. The number of alkyl halides is 3. The van der Waals surface area contributed by atoms with Gasteiger partial charge >= 0.3 is 6.18 Å². The van der Waals surface area contributed by atoms with Crippen LogP contribution in [-0.2, 0) is 0 Å². The molecule has 0 atom stereocenters. The summed E-state index contributed by atoms with van der Waals surface area (Å²) in [5.74, 6) is 4.14. The minimum atomic E-state index is -4.43. The molecule has 0 unspecified atom stereocenters. The minimum absolute atomic E-state index is 0.141. The van der Waals surface area contributed by atoms with Crippen LogP contribution in [0.1, 0.15) is 15.2 Å². The van der Waals surface area contributed by atoms with Gasteiger partial charge in [0, 0.05) is 12.6 Å². The van der Waals surface area contributed by atoms with Gasteiger partial charge in [-0.3, -0.25) is 4.79 Å². The second-order valence-electron chi connectivity index (χ2n) is 3.40. The summed E-state index contributed by atoms with van der Waals surface area (Å²) in [6.07, 6.45) is -4.43. The molecule has 0 aliphatic heterocycles. The molecular formula is C11H10F3NO2S. The summed E-state index contributed by atoms with van der Waals surface area (Å²) in [6, 6.07) is 1.53. The Morgan fingerprint density at radius 1 is 1.56 bits per heavy atom. The van der Waals surface area contributed by atoms with E-state index in [1.807, 2.05) is 0 Å². The molecular weight excluding hydrogens is 267 g/mol. The molecule has 1 heterocycles. The lowest BCUT2D eigenvalue weighted by molar-refractivity contribution is -0.138. The van der Waals surface area contributed by atoms with E-state index in [2.05, 4.69) is 11.8 Å². The Hall–Kier alpha value is -1.52. The monoisotopic (exact) mass is 277 g/mol. The third-order valence-corrected chi connectivity index (χ3v) is 2.83. The van der Waals surface area contributed by atoms with Crippen molar-refractivity contribution in [3.63, 3.8) is 0 Å². The smallest absolute Gasteiger partial charge is 0.384 e. The second kappa shape index (κ2) is 5.89. The average Bonchev–Trinajstić information content (AvgIpc) is 2.70. The summed E-state index contributed by atoms with van der Waals surface area (Å²) in [5, 5.41) is 10.1.